The number of rotatable bonds is 6. The largest absolute Gasteiger partial charge is 0.349 e. The number of carbonyl (C=O) groups is 1. The quantitative estimate of drug-likeness (QED) is 0.779. The first-order chi connectivity index (χ1) is 13.4. The summed E-state index contributed by atoms with van der Waals surface area (Å²) in [5, 5.41) is 3.11. The van der Waals surface area contributed by atoms with Crippen LogP contribution in [0, 0.1) is 17.8 Å². The van der Waals surface area contributed by atoms with E-state index in [1.54, 1.807) is 24.3 Å². The highest BCUT2D eigenvalue weighted by Crippen LogP contribution is 2.49. The molecule has 1 amide bonds. The normalized spacial score (nSPS) is 24.7. The van der Waals surface area contributed by atoms with E-state index in [4.69, 9.17) is 0 Å². The number of nitrogens with zero attached hydrogens (tertiary/aromatic N) is 1. The third-order valence-electron chi connectivity index (χ3n) is 6.15. The zero-order chi connectivity index (χ0) is 19.7. The second-order valence-electron chi connectivity index (χ2n) is 7.97. The SMILES string of the molecule is CC(NC(=O)c1ccc(S(=O)(=O)Nc2ccncc2)cc1)C1CC2CCC1C2. The van der Waals surface area contributed by atoms with Crippen molar-refractivity contribution in [2.45, 2.75) is 43.5 Å². The van der Waals surface area contributed by atoms with E-state index in [1.807, 2.05) is 0 Å². The molecule has 6 nitrogen and oxygen atoms in total. The summed E-state index contributed by atoms with van der Waals surface area (Å²) >= 11 is 0. The molecule has 0 radical (unpaired) electrons. The molecule has 2 bridgehead atoms. The van der Waals surface area contributed by atoms with Crippen LogP contribution >= 0.6 is 0 Å². The van der Waals surface area contributed by atoms with Crippen LogP contribution in [0.5, 0.6) is 0 Å². The summed E-state index contributed by atoms with van der Waals surface area (Å²) in [6, 6.07) is 9.33. The first-order valence-electron chi connectivity index (χ1n) is 9.76. The number of anilines is 1. The molecule has 0 saturated heterocycles. The van der Waals surface area contributed by atoms with Gasteiger partial charge in [0.25, 0.3) is 15.9 Å². The Kier molecular flexibility index (Phi) is 5.10. The van der Waals surface area contributed by atoms with Crippen molar-refractivity contribution in [1.82, 2.24) is 10.3 Å². The van der Waals surface area contributed by atoms with Gasteiger partial charge in [0, 0.05) is 24.0 Å². The van der Waals surface area contributed by atoms with Gasteiger partial charge in [-0.15, -0.1) is 0 Å². The lowest BCUT2D eigenvalue weighted by Crippen LogP contribution is -2.40. The highest BCUT2D eigenvalue weighted by Gasteiger charge is 2.42. The van der Waals surface area contributed by atoms with Crippen LogP contribution < -0.4 is 10.0 Å². The first kappa shape index (κ1) is 18.9. The number of fused-ring (bicyclic) bond motifs is 2. The number of sulfonamides is 1. The summed E-state index contributed by atoms with van der Waals surface area (Å²) in [6.45, 7) is 2.08. The number of hydrogen-bond donors (Lipinski definition) is 2. The van der Waals surface area contributed by atoms with Crippen molar-refractivity contribution in [3.05, 3.63) is 54.4 Å². The summed E-state index contributed by atoms with van der Waals surface area (Å²) < 4.78 is 27.5. The van der Waals surface area contributed by atoms with Crippen molar-refractivity contribution in [3.8, 4) is 0 Å². The van der Waals surface area contributed by atoms with Gasteiger partial charge < -0.3 is 5.32 Å². The summed E-state index contributed by atoms with van der Waals surface area (Å²) in [4.78, 5) is 16.6. The molecule has 7 heteroatoms. The van der Waals surface area contributed by atoms with Gasteiger partial charge in [0.1, 0.15) is 0 Å². The molecule has 2 aromatic rings. The summed E-state index contributed by atoms with van der Waals surface area (Å²) in [6.07, 6.45) is 8.18. The van der Waals surface area contributed by atoms with E-state index in [9.17, 15) is 13.2 Å². The van der Waals surface area contributed by atoms with Crippen LogP contribution in [0.15, 0.2) is 53.7 Å². The molecule has 1 heterocycles. The predicted molar refractivity (Wildman–Crippen MR) is 107 cm³/mol. The molecule has 0 aliphatic heterocycles. The smallest absolute Gasteiger partial charge is 0.261 e. The molecule has 2 aliphatic carbocycles. The molecule has 2 saturated carbocycles. The Hall–Kier alpha value is -2.41. The maximum absolute atomic E-state index is 12.6. The van der Waals surface area contributed by atoms with Crippen LogP contribution in [0.1, 0.15) is 43.0 Å². The number of amides is 1. The minimum atomic E-state index is -3.71. The number of pyridine rings is 1. The third kappa shape index (κ3) is 3.90. The van der Waals surface area contributed by atoms with Gasteiger partial charge in [-0.1, -0.05) is 6.42 Å². The summed E-state index contributed by atoms with van der Waals surface area (Å²) in [5.74, 6) is 1.99. The number of aromatic nitrogens is 1. The van der Waals surface area contributed by atoms with Gasteiger partial charge in [-0.3, -0.25) is 14.5 Å². The Morgan fingerprint density at radius 2 is 1.79 bits per heavy atom. The van der Waals surface area contributed by atoms with Crippen molar-refractivity contribution in [1.29, 1.82) is 0 Å². The van der Waals surface area contributed by atoms with Gasteiger partial charge in [0.05, 0.1) is 10.6 Å². The minimum absolute atomic E-state index is 0.113. The highest BCUT2D eigenvalue weighted by atomic mass is 32.2. The fraction of sp³-hybridized carbons (Fsp3) is 0.429. The van der Waals surface area contributed by atoms with E-state index in [1.165, 1.54) is 50.2 Å². The van der Waals surface area contributed by atoms with E-state index in [-0.39, 0.29) is 16.8 Å². The molecule has 4 rings (SSSR count). The van der Waals surface area contributed by atoms with Crippen molar-refractivity contribution < 1.29 is 13.2 Å². The first-order valence-corrected chi connectivity index (χ1v) is 11.2. The van der Waals surface area contributed by atoms with Crippen LogP contribution in [-0.2, 0) is 10.0 Å². The average molecular weight is 400 g/mol. The Morgan fingerprint density at radius 1 is 1.07 bits per heavy atom. The molecule has 2 aliphatic rings. The third-order valence-corrected chi connectivity index (χ3v) is 7.55. The van der Waals surface area contributed by atoms with Crippen LogP contribution in [0.4, 0.5) is 5.69 Å². The molecule has 28 heavy (non-hydrogen) atoms. The monoisotopic (exact) mass is 399 g/mol. The van der Waals surface area contributed by atoms with Crippen molar-refractivity contribution in [2.24, 2.45) is 17.8 Å². The van der Waals surface area contributed by atoms with Crippen molar-refractivity contribution >= 4 is 21.6 Å². The lowest BCUT2D eigenvalue weighted by molar-refractivity contribution is 0.0915. The van der Waals surface area contributed by atoms with Gasteiger partial charge >= 0.3 is 0 Å². The van der Waals surface area contributed by atoms with E-state index in [0.717, 1.165) is 11.8 Å². The Labute approximate surface area is 165 Å². The molecule has 0 spiro atoms. The fourth-order valence-electron chi connectivity index (χ4n) is 4.72. The zero-order valence-electron chi connectivity index (χ0n) is 15.8. The van der Waals surface area contributed by atoms with Gasteiger partial charge in [0.2, 0.25) is 0 Å². The summed E-state index contributed by atoms with van der Waals surface area (Å²) in [5.41, 5.74) is 0.911. The molecule has 1 aromatic carbocycles. The second kappa shape index (κ2) is 7.54. The Morgan fingerprint density at radius 3 is 2.39 bits per heavy atom. The van der Waals surface area contributed by atoms with E-state index in [0.29, 0.717) is 17.2 Å². The molecular formula is C21H25N3O3S. The highest BCUT2D eigenvalue weighted by molar-refractivity contribution is 7.92. The molecule has 2 N–H and O–H groups in total. The molecule has 2 fully saturated rings. The predicted octanol–water partition coefficient (Wildman–Crippen LogP) is 3.44. The Bertz CT molecular complexity index is 945. The van der Waals surface area contributed by atoms with Crippen LogP contribution in [0.25, 0.3) is 0 Å². The van der Waals surface area contributed by atoms with Crippen molar-refractivity contribution in [2.75, 3.05) is 4.72 Å². The van der Waals surface area contributed by atoms with Crippen LogP contribution in [0.2, 0.25) is 0 Å². The number of hydrogen-bond acceptors (Lipinski definition) is 4. The van der Waals surface area contributed by atoms with E-state index >= 15 is 0 Å². The molecule has 4 atom stereocenters. The molecular weight excluding hydrogens is 374 g/mol. The molecule has 148 valence electrons. The second-order valence-corrected chi connectivity index (χ2v) is 9.65. The van der Waals surface area contributed by atoms with Gasteiger partial charge in [0.15, 0.2) is 0 Å². The standard InChI is InChI=1S/C21H25N3O3S/c1-14(20-13-15-2-3-17(20)12-15)23-21(25)16-4-6-19(7-5-16)28(26,27)24-18-8-10-22-11-9-18/h4-11,14-15,17,20H,2-3,12-13H2,1H3,(H,22,24)(H,23,25). The van der Waals surface area contributed by atoms with E-state index in [2.05, 4.69) is 21.9 Å². The fourth-order valence-corrected chi connectivity index (χ4v) is 5.78. The average Bonchev–Trinajstić information content (AvgIpc) is 3.32. The maximum Gasteiger partial charge on any atom is 0.261 e. The topological polar surface area (TPSA) is 88.2 Å². The van der Waals surface area contributed by atoms with Gasteiger partial charge in [-0.05, 0) is 80.3 Å². The zero-order valence-corrected chi connectivity index (χ0v) is 16.7. The maximum atomic E-state index is 12.6. The van der Waals surface area contributed by atoms with E-state index < -0.39 is 10.0 Å². The van der Waals surface area contributed by atoms with Crippen molar-refractivity contribution in [3.63, 3.8) is 0 Å². The summed E-state index contributed by atoms with van der Waals surface area (Å²) in [7, 11) is -3.71. The van der Waals surface area contributed by atoms with Crippen LogP contribution in [0.3, 0.4) is 0 Å². The number of nitrogens with one attached hydrogen (secondary N) is 2. The molecule has 4 unspecified atom stereocenters. The lowest BCUT2D eigenvalue weighted by atomic mass is 9.84. The van der Waals surface area contributed by atoms with Gasteiger partial charge in [-0.2, -0.15) is 0 Å². The minimum Gasteiger partial charge on any atom is -0.349 e. The Balaban J connectivity index is 1.40. The lowest BCUT2D eigenvalue weighted by Gasteiger charge is -2.28. The van der Waals surface area contributed by atoms with Crippen LogP contribution in [-0.4, -0.2) is 25.4 Å². The van der Waals surface area contributed by atoms with Gasteiger partial charge in [-0.25, -0.2) is 8.42 Å². The number of benzene rings is 1. The molecule has 1 aromatic heterocycles. The number of carbonyl (C=O) groups excluding carboxylic acids is 1.